The minimum Gasteiger partial charge on any atom is -0.484 e. The first-order valence-corrected chi connectivity index (χ1v) is 7.83. The van der Waals surface area contributed by atoms with E-state index >= 15 is 0 Å². The van der Waals surface area contributed by atoms with Crippen molar-refractivity contribution < 1.29 is 13.9 Å². The fraction of sp³-hybridized carbons (Fsp3) is 0.158. The lowest BCUT2D eigenvalue weighted by Crippen LogP contribution is -2.34. The molecule has 3 aromatic rings. The van der Waals surface area contributed by atoms with Crippen molar-refractivity contribution in [2.75, 3.05) is 6.61 Å². The van der Waals surface area contributed by atoms with Crippen molar-refractivity contribution in [1.29, 1.82) is 0 Å². The van der Waals surface area contributed by atoms with Gasteiger partial charge in [-0.25, -0.2) is 9.37 Å². The van der Waals surface area contributed by atoms with Crippen LogP contribution in [0.2, 0.25) is 0 Å². The fourth-order valence-electron chi connectivity index (χ4n) is 2.48. The van der Waals surface area contributed by atoms with Gasteiger partial charge >= 0.3 is 0 Å². The molecule has 0 saturated carbocycles. The largest absolute Gasteiger partial charge is 0.484 e. The minimum absolute atomic E-state index is 0.119. The third-order valence-electron chi connectivity index (χ3n) is 3.74. The summed E-state index contributed by atoms with van der Waals surface area (Å²) < 4.78 is 20.5. The van der Waals surface area contributed by atoms with Gasteiger partial charge in [0.05, 0.1) is 0 Å². The fourth-order valence-corrected chi connectivity index (χ4v) is 2.48. The Kier molecular flexibility index (Phi) is 5.09. The van der Waals surface area contributed by atoms with Crippen LogP contribution in [0.25, 0.3) is 0 Å². The molecule has 0 aliphatic rings. The Morgan fingerprint density at radius 1 is 1.20 bits per heavy atom. The van der Waals surface area contributed by atoms with Gasteiger partial charge in [-0.2, -0.15) is 0 Å². The van der Waals surface area contributed by atoms with Crippen LogP contribution in [0.5, 0.6) is 5.75 Å². The van der Waals surface area contributed by atoms with Crippen LogP contribution in [-0.2, 0) is 11.8 Å². The highest BCUT2D eigenvalue weighted by Gasteiger charge is 2.21. The van der Waals surface area contributed by atoms with Gasteiger partial charge in [0.1, 0.15) is 23.4 Å². The van der Waals surface area contributed by atoms with Crippen LogP contribution in [0.3, 0.4) is 0 Å². The van der Waals surface area contributed by atoms with E-state index in [0.29, 0.717) is 11.6 Å². The van der Waals surface area contributed by atoms with Gasteiger partial charge in [0, 0.05) is 19.4 Å². The number of hydrogen-bond donors (Lipinski definition) is 1. The van der Waals surface area contributed by atoms with E-state index in [4.69, 9.17) is 4.74 Å². The molecule has 1 amide bonds. The molecular formula is C19H18FN3O2. The van der Waals surface area contributed by atoms with Crippen molar-refractivity contribution in [1.82, 2.24) is 14.9 Å². The number of nitrogens with zero attached hydrogens (tertiary/aromatic N) is 2. The van der Waals surface area contributed by atoms with Gasteiger partial charge in [-0.3, -0.25) is 4.79 Å². The van der Waals surface area contributed by atoms with Gasteiger partial charge in [0.15, 0.2) is 6.61 Å². The second-order valence-electron chi connectivity index (χ2n) is 5.55. The van der Waals surface area contributed by atoms with E-state index in [9.17, 15) is 9.18 Å². The second kappa shape index (κ2) is 7.61. The number of halogens is 1. The number of aromatic nitrogens is 2. The summed E-state index contributed by atoms with van der Waals surface area (Å²) in [6, 6.07) is 14.6. The van der Waals surface area contributed by atoms with E-state index in [1.807, 2.05) is 29.8 Å². The highest BCUT2D eigenvalue weighted by atomic mass is 19.1. The van der Waals surface area contributed by atoms with Gasteiger partial charge in [-0.15, -0.1) is 0 Å². The normalized spacial score (nSPS) is 11.8. The number of carbonyl (C=O) groups is 1. The van der Waals surface area contributed by atoms with E-state index in [1.165, 1.54) is 12.1 Å². The highest BCUT2D eigenvalue weighted by molar-refractivity contribution is 5.78. The molecule has 1 N–H and O–H groups in total. The molecule has 5 nitrogen and oxygen atoms in total. The van der Waals surface area contributed by atoms with Gasteiger partial charge in [0.25, 0.3) is 5.91 Å². The lowest BCUT2D eigenvalue weighted by Gasteiger charge is -2.19. The number of para-hydroxylation sites is 1. The standard InChI is InChI=1S/C19H18FN3O2/c1-23-12-11-21-19(23)18(14-7-9-15(20)10-8-14)22-17(24)13-25-16-5-3-2-4-6-16/h2-12,18H,13H2,1H3,(H,22,24). The summed E-state index contributed by atoms with van der Waals surface area (Å²) in [7, 11) is 1.84. The molecule has 0 spiro atoms. The Morgan fingerprint density at radius 3 is 2.56 bits per heavy atom. The lowest BCUT2D eigenvalue weighted by atomic mass is 10.1. The number of rotatable bonds is 6. The molecule has 6 heteroatoms. The quantitative estimate of drug-likeness (QED) is 0.751. The summed E-state index contributed by atoms with van der Waals surface area (Å²) >= 11 is 0. The maximum atomic E-state index is 13.2. The van der Waals surface area contributed by atoms with Crippen LogP contribution in [0.1, 0.15) is 17.4 Å². The van der Waals surface area contributed by atoms with Crippen molar-refractivity contribution in [2.24, 2.45) is 7.05 Å². The SMILES string of the molecule is Cn1ccnc1C(NC(=O)COc1ccccc1)c1ccc(F)cc1. The zero-order valence-corrected chi connectivity index (χ0v) is 13.7. The van der Waals surface area contributed by atoms with Crippen LogP contribution in [-0.4, -0.2) is 22.1 Å². The van der Waals surface area contributed by atoms with Crippen LogP contribution < -0.4 is 10.1 Å². The molecule has 25 heavy (non-hydrogen) atoms. The van der Waals surface area contributed by atoms with Crippen LogP contribution >= 0.6 is 0 Å². The second-order valence-corrected chi connectivity index (χ2v) is 5.55. The molecule has 0 bridgehead atoms. The molecule has 0 aliphatic heterocycles. The molecule has 128 valence electrons. The van der Waals surface area contributed by atoms with E-state index in [2.05, 4.69) is 10.3 Å². The molecule has 0 fully saturated rings. The zero-order valence-electron chi connectivity index (χ0n) is 13.7. The maximum Gasteiger partial charge on any atom is 0.258 e. The number of ether oxygens (including phenoxy) is 1. The number of carbonyl (C=O) groups excluding carboxylic acids is 1. The monoisotopic (exact) mass is 339 g/mol. The van der Waals surface area contributed by atoms with Crippen LogP contribution in [0.4, 0.5) is 4.39 Å². The summed E-state index contributed by atoms with van der Waals surface area (Å²) in [6.07, 6.45) is 3.44. The average molecular weight is 339 g/mol. The smallest absolute Gasteiger partial charge is 0.258 e. The Balaban J connectivity index is 1.74. The van der Waals surface area contributed by atoms with Crippen LogP contribution in [0, 0.1) is 5.82 Å². The molecule has 1 atom stereocenters. The van der Waals surface area contributed by atoms with E-state index < -0.39 is 6.04 Å². The molecule has 2 aromatic carbocycles. The maximum absolute atomic E-state index is 13.2. The Morgan fingerprint density at radius 2 is 1.92 bits per heavy atom. The molecule has 1 heterocycles. The van der Waals surface area contributed by atoms with Gasteiger partial charge in [0.2, 0.25) is 0 Å². The van der Waals surface area contributed by atoms with Crippen LogP contribution in [0.15, 0.2) is 67.0 Å². The Bertz CT molecular complexity index is 831. The van der Waals surface area contributed by atoms with Crippen molar-refractivity contribution in [3.05, 3.63) is 84.2 Å². The van der Waals surface area contributed by atoms with Gasteiger partial charge in [-0.1, -0.05) is 30.3 Å². The van der Waals surface area contributed by atoms with E-state index in [0.717, 1.165) is 5.56 Å². The predicted molar refractivity (Wildman–Crippen MR) is 91.5 cm³/mol. The van der Waals surface area contributed by atoms with Gasteiger partial charge in [-0.05, 0) is 29.8 Å². The van der Waals surface area contributed by atoms with Crippen molar-refractivity contribution in [3.63, 3.8) is 0 Å². The Labute approximate surface area is 145 Å². The molecule has 1 unspecified atom stereocenters. The van der Waals surface area contributed by atoms with Gasteiger partial charge < -0.3 is 14.6 Å². The molecule has 0 aliphatic carbocycles. The number of hydrogen-bond acceptors (Lipinski definition) is 3. The molecule has 1 aromatic heterocycles. The third kappa shape index (κ3) is 4.23. The minimum atomic E-state index is -0.493. The van der Waals surface area contributed by atoms with Crippen molar-refractivity contribution in [2.45, 2.75) is 6.04 Å². The molecule has 0 saturated heterocycles. The number of amides is 1. The number of aryl methyl sites for hydroxylation is 1. The topological polar surface area (TPSA) is 56.2 Å². The average Bonchev–Trinajstić information content (AvgIpc) is 3.05. The Hall–Kier alpha value is -3.15. The first kappa shape index (κ1) is 16.7. The number of imidazole rings is 1. The first-order chi connectivity index (χ1) is 12.1. The third-order valence-corrected chi connectivity index (χ3v) is 3.74. The summed E-state index contributed by atoms with van der Waals surface area (Å²) in [5.41, 5.74) is 0.740. The lowest BCUT2D eigenvalue weighted by molar-refractivity contribution is -0.123. The molecular weight excluding hydrogens is 321 g/mol. The molecule has 3 rings (SSSR count). The molecule has 0 radical (unpaired) electrons. The van der Waals surface area contributed by atoms with Crippen molar-refractivity contribution in [3.8, 4) is 5.75 Å². The van der Waals surface area contributed by atoms with E-state index in [-0.39, 0.29) is 18.3 Å². The zero-order chi connectivity index (χ0) is 17.6. The first-order valence-electron chi connectivity index (χ1n) is 7.83. The summed E-state index contributed by atoms with van der Waals surface area (Å²) in [6.45, 7) is -0.119. The summed E-state index contributed by atoms with van der Waals surface area (Å²) in [4.78, 5) is 16.6. The summed E-state index contributed by atoms with van der Waals surface area (Å²) in [5.74, 6) is 0.648. The number of nitrogens with one attached hydrogen (secondary N) is 1. The number of benzene rings is 2. The summed E-state index contributed by atoms with van der Waals surface area (Å²) in [5, 5.41) is 2.90. The predicted octanol–water partition coefficient (Wildman–Crippen LogP) is 2.84. The van der Waals surface area contributed by atoms with Crippen molar-refractivity contribution >= 4 is 5.91 Å². The van der Waals surface area contributed by atoms with E-state index in [1.54, 1.807) is 36.7 Å². The highest BCUT2D eigenvalue weighted by Crippen LogP contribution is 2.21.